The van der Waals surface area contributed by atoms with Gasteiger partial charge >= 0.3 is 0 Å². The number of aromatic amines is 1. The number of nitrogens with two attached hydrogens (primary N) is 1. The van der Waals surface area contributed by atoms with Crippen LogP contribution in [0.15, 0.2) is 29.2 Å². The molecule has 1 aromatic heterocycles. The summed E-state index contributed by atoms with van der Waals surface area (Å²) in [6.07, 6.45) is 0. The molecule has 20 heavy (non-hydrogen) atoms. The standard InChI is InChI=1S/C11H13N5O3S/c1-2-20(18,19)8-5-3-7(4-6-8)13-10(17)9-14-11(12)16-15-9/h3-6H,2H2,1H3,(H,13,17)(H3,12,14,15,16). The fourth-order valence-corrected chi connectivity index (χ4v) is 2.36. The summed E-state index contributed by atoms with van der Waals surface area (Å²) in [5.41, 5.74) is 5.74. The van der Waals surface area contributed by atoms with Crippen LogP contribution in [-0.2, 0) is 9.84 Å². The zero-order chi connectivity index (χ0) is 14.8. The van der Waals surface area contributed by atoms with E-state index in [9.17, 15) is 13.2 Å². The Balaban J connectivity index is 2.14. The molecule has 0 aliphatic heterocycles. The van der Waals surface area contributed by atoms with Gasteiger partial charge in [0.1, 0.15) is 0 Å². The highest BCUT2D eigenvalue weighted by atomic mass is 32.2. The van der Waals surface area contributed by atoms with Crippen LogP contribution < -0.4 is 11.1 Å². The van der Waals surface area contributed by atoms with Crippen molar-refractivity contribution in [2.24, 2.45) is 0 Å². The van der Waals surface area contributed by atoms with Crippen molar-refractivity contribution >= 4 is 27.4 Å². The minimum Gasteiger partial charge on any atom is -0.366 e. The first-order valence-corrected chi connectivity index (χ1v) is 7.39. The first kappa shape index (κ1) is 14.0. The molecule has 0 saturated carbocycles. The van der Waals surface area contributed by atoms with E-state index in [-0.39, 0.29) is 22.4 Å². The third-order valence-corrected chi connectivity index (χ3v) is 4.32. The fraction of sp³-hybridized carbons (Fsp3) is 0.182. The Morgan fingerprint density at radius 2 is 2.00 bits per heavy atom. The van der Waals surface area contributed by atoms with Crippen molar-refractivity contribution in [1.82, 2.24) is 15.2 Å². The van der Waals surface area contributed by atoms with Gasteiger partial charge in [-0.25, -0.2) is 8.42 Å². The number of amides is 1. The molecule has 0 fully saturated rings. The number of H-pyrrole nitrogens is 1. The van der Waals surface area contributed by atoms with E-state index >= 15 is 0 Å². The van der Waals surface area contributed by atoms with E-state index in [0.29, 0.717) is 5.69 Å². The highest BCUT2D eigenvalue weighted by Crippen LogP contribution is 2.15. The second kappa shape index (κ2) is 5.29. The quantitative estimate of drug-likeness (QED) is 0.749. The number of rotatable bonds is 4. The van der Waals surface area contributed by atoms with Gasteiger partial charge < -0.3 is 11.1 Å². The van der Waals surface area contributed by atoms with Gasteiger partial charge in [-0.2, -0.15) is 4.98 Å². The van der Waals surface area contributed by atoms with Gasteiger partial charge in [-0.05, 0) is 24.3 Å². The highest BCUT2D eigenvalue weighted by molar-refractivity contribution is 7.91. The molecule has 0 radical (unpaired) electrons. The van der Waals surface area contributed by atoms with Crippen LogP contribution in [0, 0.1) is 0 Å². The van der Waals surface area contributed by atoms with Gasteiger partial charge in [0.25, 0.3) is 5.91 Å². The first-order valence-electron chi connectivity index (χ1n) is 5.74. The van der Waals surface area contributed by atoms with E-state index in [0.717, 1.165) is 0 Å². The fourth-order valence-electron chi connectivity index (χ4n) is 1.48. The average molecular weight is 295 g/mol. The number of anilines is 2. The van der Waals surface area contributed by atoms with Crippen LogP contribution in [-0.4, -0.2) is 35.3 Å². The number of hydrogen-bond donors (Lipinski definition) is 3. The average Bonchev–Trinajstić information content (AvgIpc) is 2.86. The molecule has 1 aromatic carbocycles. The molecular formula is C11H13N5O3S. The number of hydrogen-bond acceptors (Lipinski definition) is 6. The smallest absolute Gasteiger partial charge is 0.293 e. The summed E-state index contributed by atoms with van der Waals surface area (Å²) in [5.74, 6) is -0.539. The van der Waals surface area contributed by atoms with E-state index in [1.807, 2.05) is 0 Å². The molecule has 0 bridgehead atoms. The molecule has 9 heteroatoms. The summed E-state index contributed by atoms with van der Waals surface area (Å²) < 4.78 is 23.3. The number of carbonyl (C=O) groups excluding carboxylic acids is 1. The number of nitrogens with one attached hydrogen (secondary N) is 2. The SMILES string of the molecule is CCS(=O)(=O)c1ccc(NC(=O)c2nc(N)n[nH]2)cc1. The molecule has 8 nitrogen and oxygen atoms in total. The normalized spacial score (nSPS) is 11.2. The Bertz CT molecular complexity index is 721. The summed E-state index contributed by atoms with van der Waals surface area (Å²) in [6, 6.07) is 5.87. The van der Waals surface area contributed by atoms with Gasteiger partial charge in [-0.15, -0.1) is 5.10 Å². The van der Waals surface area contributed by atoms with E-state index in [1.165, 1.54) is 24.3 Å². The summed E-state index contributed by atoms with van der Waals surface area (Å²) in [4.78, 5) is 15.6. The Kier molecular flexibility index (Phi) is 3.70. The molecular weight excluding hydrogens is 282 g/mol. The van der Waals surface area contributed by atoms with Crippen LogP contribution in [0.4, 0.5) is 11.6 Å². The summed E-state index contributed by atoms with van der Waals surface area (Å²) in [7, 11) is -3.25. The molecule has 2 aromatic rings. The predicted molar refractivity (Wildman–Crippen MR) is 72.9 cm³/mol. The Hall–Kier alpha value is -2.42. The monoisotopic (exact) mass is 295 g/mol. The van der Waals surface area contributed by atoms with E-state index in [2.05, 4.69) is 20.5 Å². The van der Waals surface area contributed by atoms with E-state index in [4.69, 9.17) is 5.73 Å². The zero-order valence-electron chi connectivity index (χ0n) is 10.6. The third kappa shape index (κ3) is 2.94. The van der Waals surface area contributed by atoms with Crippen molar-refractivity contribution in [1.29, 1.82) is 0 Å². The highest BCUT2D eigenvalue weighted by Gasteiger charge is 2.13. The number of sulfone groups is 1. The third-order valence-electron chi connectivity index (χ3n) is 2.57. The van der Waals surface area contributed by atoms with Crippen LogP contribution in [0.1, 0.15) is 17.5 Å². The zero-order valence-corrected chi connectivity index (χ0v) is 11.4. The molecule has 0 saturated heterocycles. The van der Waals surface area contributed by atoms with Crippen LogP contribution in [0.3, 0.4) is 0 Å². The number of nitrogens with zero attached hydrogens (tertiary/aromatic N) is 2. The molecule has 2 rings (SSSR count). The predicted octanol–water partition coefficient (Wildman–Crippen LogP) is 0.433. The second-order valence-electron chi connectivity index (χ2n) is 3.92. The lowest BCUT2D eigenvalue weighted by Crippen LogP contribution is -2.14. The maximum absolute atomic E-state index is 11.7. The second-order valence-corrected chi connectivity index (χ2v) is 6.20. The molecule has 0 aliphatic rings. The maximum Gasteiger partial charge on any atom is 0.293 e. The number of benzene rings is 1. The summed E-state index contributed by atoms with van der Waals surface area (Å²) in [5, 5.41) is 8.46. The first-order chi connectivity index (χ1) is 9.42. The van der Waals surface area contributed by atoms with Gasteiger partial charge in [0, 0.05) is 5.69 Å². The topological polar surface area (TPSA) is 131 Å². The molecule has 0 unspecified atom stereocenters. The largest absolute Gasteiger partial charge is 0.366 e. The molecule has 0 aliphatic carbocycles. The Morgan fingerprint density at radius 1 is 1.35 bits per heavy atom. The lowest BCUT2D eigenvalue weighted by molar-refractivity contribution is 0.101. The van der Waals surface area contributed by atoms with Gasteiger partial charge in [0.05, 0.1) is 10.6 Å². The van der Waals surface area contributed by atoms with Crippen molar-refractivity contribution in [3.05, 3.63) is 30.1 Å². The number of aromatic nitrogens is 3. The molecule has 4 N–H and O–H groups in total. The lowest BCUT2D eigenvalue weighted by atomic mass is 10.3. The van der Waals surface area contributed by atoms with Crippen LogP contribution >= 0.6 is 0 Å². The van der Waals surface area contributed by atoms with Crippen LogP contribution in [0.5, 0.6) is 0 Å². The minimum atomic E-state index is -3.25. The van der Waals surface area contributed by atoms with Crippen molar-refractivity contribution in [2.45, 2.75) is 11.8 Å². The van der Waals surface area contributed by atoms with E-state index < -0.39 is 15.7 Å². The number of carbonyl (C=O) groups is 1. The number of nitrogen functional groups attached to an aromatic ring is 1. The van der Waals surface area contributed by atoms with Crippen molar-refractivity contribution in [2.75, 3.05) is 16.8 Å². The minimum absolute atomic E-state index is 0.0206. The van der Waals surface area contributed by atoms with Crippen molar-refractivity contribution in [3.63, 3.8) is 0 Å². The van der Waals surface area contributed by atoms with Gasteiger partial charge in [-0.1, -0.05) is 6.92 Å². The van der Waals surface area contributed by atoms with Gasteiger partial charge in [0.15, 0.2) is 9.84 Å². The van der Waals surface area contributed by atoms with Crippen molar-refractivity contribution in [3.8, 4) is 0 Å². The Labute approximate surface area is 115 Å². The Morgan fingerprint density at radius 3 is 2.50 bits per heavy atom. The van der Waals surface area contributed by atoms with Crippen LogP contribution in [0.2, 0.25) is 0 Å². The lowest BCUT2D eigenvalue weighted by Gasteiger charge is -2.05. The summed E-state index contributed by atoms with van der Waals surface area (Å²) in [6.45, 7) is 1.57. The van der Waals surface area contributed by atoms with Crippen LogP contribution in [0.25, 0.3) is 0 Å². The molecule has 0 atom stereocenters. The van der Waals surface area contributed by atoms with Gasteiger partial charge in [0.2, 0.25) is 11.8 Å². The van der Waals surface area contributed by atoms with Gasteiger partial charge in [-0.3, -0.25) is 9.89 Å². The van der Waals surface area contributed by atoms with Crippen molar-refractivity contribution < 1.29 is 13.2 Å². The summed E-state index contributed by atoms with van der Waals surface area (Å²) >= 11 is 0. The van der Waals surface area contributed by atoms with E-state index in [1.54, 1.807) is 6.92 Å². The molecule has 1 heterocycles. The molecule has 106 valence electrons. The molecule has 1 amide bonds. The maximum atomic E-state index is 11.7. The molecule has 0 spiro atoms.